The summed E-state index contributed by atoms with van der Waals surface area (Å²) in [4.78, 5) is 11.1. The molecule has 1 aliphatic carbocycles. The molecule has 0 amide bonds. The van der Waals surface area contributed by atoms with Gasteiger partial charge in [-0.2, -0.15) is 0 Å². The van der Waals surface area contributed by atoms with Gasteiger partial charge in [0.05, 0.1) is 4.90 Å². The Labute approximate surface area is 155 Å². The highest BCUT2D eigenvalue weighted by atomic mass is 32.2. The highest BCUT2D eigenvalue weighted by molar-refractivity contribution is 7.90. The number of rotatable bonds is 6. The zero-order valence-corrected chi connectivity index (χ0v) is 15.8. The Kier molecular flexibility index (Phi) is 5.23. The van der Waals surface area contributed by atoms with Crippen LogP contribution in [0.2, 0.25) is 0 Å². The van der Waals surface area contributed by atoms with Gasteiger partial charge in [0.2, 0.25) is 0 Å². The van der Waals surface area contributed by atoms with E-state index in [0.717, 1.165) is 47.0 Å². The van der Waals surface area contributed by atoms with Gasteiger partial charge in [-0.1, -0.05) is 49.8 Å². The number of fused-ring (bicyclic) bond motifs is 1. The Hall–Kier alpha value is -2.46. The molecule has 0 unspecified atom stereocenters. The summed E-state index contributed by atoms with van der Waals surface area (Å²) in [5.74, 6) is 0. The smallest absolute Gasteiger partial charge is 0.175 e. The Morgan fingerprint density at radius 1 is 1.08 bits per heavy atom. The standard InChI is InChI=1S/C22H22O3S/c1-3-5-18-14-19-15-20(26(2,24)25)8-9-21(19)22(18)13-17-7-4-6-16(12-17)10-11-23/h4,6-9,11-15H,3,5,10H2,1-2H3/b22-13-. The van der Waals surface area contributed by atoms with Gasteiger partial charge in [0.15, 0.2) is 9.84 Å². The van der Waals surface area contributed by atoms with Gasteiger partial charge in [-0.15, -0.1) is 0 Å². The van der Waals surface area contributed by atoms with Crippen LogP contribution in [0.4, 0.5) is 0 Å². The van der Waals surface area contributed by atoms with Gasteiger partial charge < -0.3 is 4.79 Å². The van der Waals surface area contributed by atoms with Crippen LogP contribution in [0.3, 0.4) is 0 Å². The van der Waals surface area contributed by atoms with Crippen molar-refractivity contribution < 1.29 is 13.2 Å². The number of aldehydes is 1. The molecule has 0 heterocycles. The molecule has 26 heavy (non-hydrogen) atoms. The van der Waals surface area contributed by atoms with Crippen molar-refractivity contribution >= 4 is 33.8 Å². The molecule has 4 heteroatoms. The number of carbonyl (C=O) groups is 1. The van der Waals surface area contributed by atoms with Crippen molar-refractivity contribution in [2.24, 2.45) is 0 Å². The molecule has 3 rings (SSSR count). The zero-order chi connectivity index (χ0) is 18.7. The Balaban J connectivity index is 2.08. The van der Waals surface area contributed by atoms with E-state index in [0.29, 0.717) is 11.3 Å². The van der Waals surface area contributed by atoms with Gasteiger partial charge in [0, 0.05) is 12.7 Å². The van der Waals surface area contributed by atoms with Gasteiger partial charge in [0.1, 0.15) is 6.29 Å². The van der Waals surface area contributed by atoms with E-state index >= 15 is 0 Å². The second kappa shape index (κ2) is 7.42. The molecule has 2 aromatic rings. The largest absolute Gasteiger partial charge is 0.303 e. The molecule has 1 aliphatic rings. The number of benzene rings is 2. The topological polar surface area (TPSA) is 51.2 Å². The van der Waals surface area contributed by atoms with E-state index in [1.54, 1.807) is 12.1 Å². The van der Waals surface area contributed by atoms with Crippen molar-refractivity contribution in [1.82, 2.24) is 0 Å². The van der Waals surface area contributed by atoms with Crippen LogP contribution in [0.5, 0.6) is 0 Å². The summed E-state index contributed by atoms with van der Waals surface area (Å²) < 4.78 is 23.7. The molecule has 0 N–H and O–H groups in total. The average Bonchev–Trinajstić information content (AvgIpc) is 2.92. The molecule has 0 fully saturated rings. The summed E-state index contributed by atoms with van der Waals surface area (Å²) >= 11 is 0. The van der Waals surface area contributed by atoms with Gasteiger partial charge in [-0.25, -0.2) is 8.42 Å². The maximum absolute atomic E-state index is 11.8. The molecule has 0 aromatic heterocycles. The highest BCUT2D eigenvalue weighted by Crippen LogP contribution is 2.40. The summed E-state index contributed by atoms with van der Waals surface area (Å²) in [7, 11) is -3.22. The summed E-state index contributed by atoms with van der Waals surface area (Å²) in [6.07, 6.45) is 8.71. The summed E-state index contributed by atoms with van der Waals surface area (Å²) in [6, 6.07) is 13.3. The molecule has 0 atom stereocenters. The van der Waals surface area contributed by atoms with Crippen LogP contribution in [-0.2, 0) is 21.1 Å². The Morgan fingerprint density at radius 2 is 1.88 bits per heavy atom. The van der Waals surface area contributed by atoms with Crippen LogP contribution < -0.4 is 0 Å². The average molecular weight is 366 g/mol. The molecule has 0 bridgehead atoms. The fraction of sp³-hybridized carbons (Fsp3) is 0.227. The number of hydrogen-bond acceptors (Lipinski definition) is 3. The maximum atomic E-state index is 11.8. The van der Waals surface area contributed by atoms with Crippen LogP contribution in [0.1, 0.15) is 42.0 Å². The van der Waals surface area contributed by atoms with Crippen molar-refractivity contribution in [3.63, 3.8) is 0 Å². The normalized spacial score (nSPS) is 15.0. The van der Waals surface area contributed by atoms with Crippen molar-refractivity contribution in [1.29, 1.82) is 0 Å². The molecule has 2 aromatic carbocycles. The SMILES string of the molecule is CCCC1=Cc2cc(S(C)(=O)=O)ccc2/C1=C\c1cccc(CC=O)c1. The molecule has 3 nitrogen and oxygen atoms in total. The zero-order valence-electron chi connectivity index (χ0n) is 15.0. The molecule has 0 saturated carbocycles. The van der Waals surface area contributed by atoms with Gasteiger partial charge in [-0.3, -0.25) is 0 Å². The van der Waals surface area contributed by atoms with E-state index in [2.05, 4.69) is 19.1 Å². The van der Waals surface area contributed by atoms with Gasteiger partial charge >= 0.3 is 0 Å². The van der Waals surface area contributed by atoms with Gasteiger partial charge in [0.25, 0.3) is 0 Å². The first kappa shape index (κ1) is 18.3. The molecule has 0 aliphatic heterocycles. The van der Waals surface area contributed by atoms with E-state index in [1.165, 1.54) is 11.8 Å². The lowest BCUT2D eigenvalue weighted by molar-refractivity contribution is -0.107. The molecule has 0 radical (unpaired) electrons. The lowest BCUT2D eigenvalue weighted by Gasteiger charge is -2.09. The predicted octanol–water partition coefficient (Wildman–Crippen LogP) is 4.57. The first-order valence-electron chi connectivity index (χ1n) is 8.72. The summed E-state index contributed by atoms with van der Waals surface area (Å²) in [5.41, 5.74) is 6.38. The van der Waals surface area contributed by atoms with Crippen molar-refractivity contribution in [2.75, 3.05) is 6.26 Å². The molecular formula is C22H22O3S. The Bertz CT molecular complexity index is 1010. The summed E-state index contributed by atoms with van der Waals surface area (Å²) in [5, 5.41) is 0. The van der Waals surface area contributed by atoms with E-state index in [4.69, 9.17) is 0 Å². The predicted molar refractivity (Wildman–Crippen MR) is 107 cm³/mol. The fourth-order valence-corrected chi connectivity index (χ4v) is 3.95. The van der Waals surface area contributed by atoms with Crippen molar-refractivity contribution in [3.05, 3.63) is 70.3 Å². The number of sulfone groups is 1. The molecular weight excluding hydrogens is 344 g/mol. The lowest BCUT2D eigenvalue weighted by Crippen LogP contribution is -1.97. The summed E-state index contributed by atoms with van der Waals surface area (Å²) in [6.45, 7) is 2.13. The first-order valence-corrected chi connectivity index (χ1v) is 10.6. The Morgan fingerprint density at radius 3 is 2.58 bits per heavy atom. The van der Waals surface area contributed by atoms with Crippen molar-refractivity contribution in [3.8, 4) is 0 Å². The third-order valence-corrected chi connectivity index (χ3v) is 5.63. The first-order chi connectivity index (χ1) is 12.4. The second-order valence-electron chi connectivity index (χ2n) is 6.61. The van der Waals surface area contributed by atoms with Crippen LogP contribution in [0.15, 0.2) is 52.9 Å². The van der Waals surface area contributed by atoms with Crippen LogP contribution in [0, 0.1) is 0 Å². The highest BCUT2D eigenvalue weighted by Gasteiger charge is 2.20. The minimum Gasteiger partial charge on any atom is -0.303 e. The minimum atomic E-state index is -3.22. The van der Waals surface area contributed by atoms with E-state index < -0.39 is 9.84 Å². The monoisotopic (exact) mass is 366 g/mol. The molecule has 0 saturated heterocycles. The number of allylic oxidation sites excluding steroid dienone is 2. The van der Waals surface area contributed by atoms with Crippen LogP contribution in [-0.4, -0.2) is 21.0 Å². The minimum absolute atomic E-state index is 0.345. The lowest BCUT2D eigenvalue weighted by atomic mass is 9.97. The quantitative estimate of drug-likeness (QED) is 0.704. The van der Waals surface area contributed by atoms with Gasteiger partial charge in [-0.05, 0) is 58.0 Å². The number of carbonyl (C=O) groups excluding carboxylic acids is 1. The molecule has 134 valence electrons. The fourth-order valence-electron chi connectivity index (χ4n) is 3.29. The third-order valence-electron chi connectivity index (χ3n) is 4.52. The third kappa shape index (κ3) is 3.86. The van der Waals surface area contributed by atoms with E-state index in [9.17, 15) is 13.2 Å². The van der Waals surface area contributed by atoms with Crippen LogP contribution >= 0.6 is 0 Å². The van der Waals surface area contributed by atoms with E-state index in [-0.39, 0.29) is 0 Å². The number of hydrogen-bond donors (Lipinski definition) is 0. The van der Waals surface area contributed by atoms with Crippen LogP contribution in [0.25, 0.3) is 17.7 Å². The van der Waals surface area contributed by atoms with E-state index in [1.807, 2.05) is 30.3 Å². The maximum Gasteiger partial charge on any atom is 0.175 e. The van der Waals surface area contributed by atoms with Crippen molar-refractivity contribution in [2.45, 2.75) is 31.1 Å². The molecule has 0 spiro atoms. The second-order valence-corrected chi connectivity index (χ2v) is 8.63.